The molecule has 1 aliphatic carbocycles. The maximum atomic E-state index is 12.1. The van der Waals surface area contributed by atoms with E-state index in [4.69, 9.17) is 4.74 Å². The van der Waals surface area contributed by atoms with E-state index in [0.717, 1.165) is 24.2 Å². The molecule has 2 nitrogen and oxygen atoms in total. The Hall–Kier alpha value is -1.57. The van der Waals surface area contributed by atoms with Crippen molar-refractivity contribution in [3.8, 4) is 5.75 Å². The number of fused-ring (bicyclic) bond motifs is 1. The summed E-state index contributed by atoms with van der Waals surface area (Å²) in [6, 6.07) is 7.59. The number of carbonyl (C=O) groups is 1. The minimum absolute atomic E-state index is 0.0604. The third-order valence-electron chi connectivity index (χ3n) is 4.07. The summed E-state index contributed by atoms with van der Waals surface area (Å²) >= 11 is 0. The molecule has 19 heavy (non-hydrogen) atoms. The van der Waals surface area contributed by atoms with Crippen LogP contribution in [0, 0.1) is 0 Å². The van der Waals surface area contributed by atoms with Gasteiger partial charge in [-0.3, -0.25) is 4.79 Å². The molecule has 0 radical (unpaired) electrons. The Morgan fingerprint density at radius 3 is 2.95 bits per heavy atom. The molecule has 1 atom stereocenters. The van der Waals surface area contributed by atoms with Gasteiger partial charge < -0.3 is 4.74 Å². The van der Waals surface area contributed by atoms with Crippen LogP contribution in [0.4, 0.5) is 0 Å². The van der Waals surface area contributed by atoms with Crippen LogP contribution in [0.3, 0.4) is 0 Å². The molecular formula is C17H20O2. The van der Waals surface area contributed by atoms with Gasteiger partial charge in [-0.05, 0) is 50.7 Å². The lowest BCUT2D eigenvalue weighted by molar-refractivity contribution is 0.0839. The fourth-order valence-electron chi connectivity index (χ4n) is 2.98. The number of benzene rings is 1. The van der Waals surface area contributed by atoms with E-state index in [1.54, 1.807) is 5.57 Å². The van der Waals surface area contributed by atoms with Gasteiger partial charge in [-0.2, -0.15) is 0 Å². The maximum absolute atomic E-state index is 12.1. The summed E-state index contributed by atoms with van der Waals surface area (Å²) in [6.07, 6.45) is 10.1. The van der Waals surface area contributed by atoms with Crippen molar-refractivity contribution >= 4 is 5.78 Å². The van der Waals surface area contributed by atoms with Crippen molar-refractivity contribution in [2.75, 3.05) is 0 Å². The number of ether oxygens (including phenoxy) is 1. The van der Waals surface area contributed by atoms with Crippen molar-refractivity contribution in [1.82, 2.24) is 0 Å². The van der Waals surface area contributed by atoms with Crippen LogP contribution >= 0.6 is 0 Å². The van der Waals surface area contributed by atoms with E-state index in [1.165, 1.54) is 25.7 Å². The van der Waals surface area contributed by atoms with Crippen LogP contribution in [0.1, 0.15) is 55.3 Å². The Morgan fingerprint density at radius 1 is 1.21 bits per heavy atom. The van der Waals surface area contributed by atoms with E-state index in [1.807, 2.05) is 24.3 Å². The number of ketones is 1. The van der Waals surface area contributed by atoms with Gasteiger partial charge >= 0.3 is 0 Å². The van der Waals surface area contributed by atoms with Gasteiger partial charge in [0, 0.05) is 6.42 Å². The van der Waals surface area contributed by atoms with E-state index >= 15 is 0 Å². The van der Waals surface area contributed by atoms with E-state index in [2.05, 4.69) is 6.08 Å². The standard InChI is InChI=1S/C17H20O2/c18-16-12-14(11-10-13-6-2-1-3-7-13)19-17-9-5-4-8-15(16)17/h4-6,8-9,14H,1-3,7,10-12H2. The summed E-state index contributed by atoms with van der Waals surface area (Å²) in [7, 11) is 0. The summed E-state index contributed by atoms with van der Waals surface area (Å²) in [5.74, 6) is 0.992. The first kappa shape index (κ1) is 12.5. The minimum Gasteiger partial charge on any atom is -0.489 e. The van der Waals surface area contributed by atoms with Crippen LogP contribution in [0.2, 0.25) is 0 Å². The molecule has 0 bridgehead atoms. The number of hydrogen-bond donors (Lipinski definition) is 0. The number of allylic oxidation sites excluding steroid dienone is 2. The molecule has 0 N–H and O–H groups in total. The largest absolute Gasteiger partial charge is 0.489 e. The van der Waals surface area contributed by atoms with Crippen LogP contribution in [-0.4, -0.2) is 11.9 Å². The summed E-state index contributed by atoms with van der Waals surface area (Å²) in [5, 5.41) is 0. The van der Waals surface area contributed by atoms with Gasteiger partial charge in [0.1, 0.15) is 11.9 Å². The zero-order valence-electron chi connectivity index (χ0n) is 11.2. The molecule has 1 heterocycles. The fraction of sp³-hybridized carbons (Fsp3) is 0.471. The molecule has 0 amide bonds. The monoisotopic (exact) mass is 256 g/mol. The Labute approximate surface area is 114 Å². The molecule has 1 aliphatic heterocycles. The van der Waals surface area contributed by atoms with E-state index in [0.29, 0.717) is 6.42 Å². The highest BCUT2D eigenvalue weighted by Crippen LogP contribution is 2.30. The lowest BCUT2D eigenvalue weighted by Gasteiger charge is -2.25. The molecule has 0 aromatic heterocycles. The van der Waals surface area contributed by atoms with Crippen LogP contribution < -0.4 is 4.74 Å². The molecule has 0 fully saturated rings. The Kier molecular flexibility index (Phi) is 3.67. The van der Waals surface area contributed by atoms with Crippen molar-refractivity contribution in [3.05, 3.63) is 41.5 Å². The number of para-hydroxylation sites is 1. The number of rotatable bonds is 3. The van der Waals surface area contributed by atoms with Gasteiger partial charge in [-0.25, -0.2) is 0 Å². The molecule has 0 saturated heterocycles. The number of Topliss-reactive ketones (excluding diaryl/α,β-unsaturated/α-hetero) is 1. The van der Waals surface area contributed by atoms with Crippen molar-refractivity contribution in [1.29, 1.82) is 0 Å². The highest BCUT2D eigenvalue weighted by Gasteiger charge is 2.25. The van der Waals surface area contributed by atoms with Crippen molar-refractivity contribution in [2.24, 2.45) is 0 Å². The van der Waals surface area contributed by atoms with Crippen LogP contribution in [0.25, 0.3) is 0 Å². The summed E-state index contributed by atoms with van der Waals surface area (Å²) in [5.41, 5.74) is 2.30. The zero-order chi connectivity index (χ0) is 13.1. The molecule has 3 rings (SSSR count). The number of hydrogen-bond acceptors (Lipinski definition) is 2. The first-order chi connectivity index (χ1) is 9.33. The van der Waals surface area contributed by atoms with E-state index in [-0.39, 0.29) is 11.9 Å². The zero-order valence-corrected chi connectivity index (χ0v) is 11.2. The second-order valence-electron chi connectivity index (χ2n) is 5.51. The van der Waals surface area contributed by atoms with Crippen LogP contribution in [0.5, 0.6) is 5.75 Å². The Bertz CT molecular complexity index is 502. The maximum Gasteiger partial charge on any atom is 0.170 e. The topological polar surface area (TPSA) is 26.3 Å². The number of carbonyl (C=O) groups excluding carboxylic acids is 1. The quantitative estimate of drug-likeness (QED) is 0.754. The normalized spacial score (nSPS) is 22.4. The molecule has 0 spiro atoms. The van der Waals surface area contributed by atoms with Crippen LogP contribution in [0.15, 0.2) is 35.9 Å². The first-order valence-corrected chi connectivity index (χ1v) is 7.30. The molecular weight excluding hydrogens is 236 g/mol. The molecule has 1 aromatic rings. The van der Waals surface area contributed by atoms with Gasteiger partial charge in [0.15, 0.2) is 5.78 Å². The molecule has 2 heteroatoms. The van der Waals surface area contributed by atoms with Gasteiger partial charge in [0.25, 0.3) is 0 Å². The molecule has 1 aromatic carbocycles. The summed E-state index contributed by atoms with van der Waals surface area (Å²) in [4.78, 5) is 12.1. The minimum atomic E-state index is 0.0604. The van der Waals surface area contributed by atoms with Gasteiger partial charge in [-0.1, -0.05) is 23.8 Å². The smallest absolute Gasteiger partial charge is 0.170 e. The summed E-state index contributed by atoms with van der Waals surface area (Å²) < 4.78 is 5.95. The summed E-state index contributed by atoms with van der Waals surface area (Å²) in [6.45, 7) is 0. The molecule has 1 unspecified atom stereocenters. The Morgan fingerprint density at radius 2 is 2.11 bits per heavy atom. The predicted octanol–water partition coefficient (Wildman–Crippen LogP) is 4.30. The predicted molar refractivity (Wildman–Crippen MR) is 75.6 cm³/mol. The lowest BCUT2D eigenvalue weighted by Crippen LogP contribution is -2.26. The molecule has 100 valence electrons. The average molecular weight is 256 g/mol. The highest BCUT2D eigenvalue weighted by molar-refractivity contribution is 5.99. The van der Waals surface area contributed by atoms with Gasteiger partial charge in [0.05, 0.1) is 5.56 Å². The SMILES string of the molecule is O=C1CC(CCC2=CCCCC2)Oc2ccccc21. The second-order valence-corrected chi connectivity index (χ2v) is 5.51. The molecule has 0 saturated carbocycles. The lowest BCUT2D eigenvalue weighted by atomic mass is 9.92. The fourth-order valence-corrected chi connectivity index (χ4v) is 2.98. The van der Waals surface area contributed by atoms with Crippen molar-refractivity contribution in [3.63, 3.8) is 0 Å². The van der Waals surface area contributed by atoms with E-state index < -0.39 is 0 Å². The van der Waals surface area contributed by atoms with Crippen molar-refractivity contribution in [2.45, 2.75) is 51.0 Å². The first-order valence-electron chi connectivity index (χ1n) is 7.30. The van der Waals surface area contributed by atoms with Gasteiger partial charge in [-0.15, -0.1) is 0 Å². The molecule has 2 aliphatic rings. The average Bonchev–Trinajstić information content (AvgIpc) is 2.46. The third kappa shape index (κ3) is 2.89. The van der Waals surface area contributed by atoms with Gasteiger partial charge in [0.2, 0.25) is 0 Å². The second kappa shape index (κ2) is 5.60. The Balaban J connectivity index is 1.62. The van der Waals surface area contributed by atoms with E-state index in [9.17, 15) is 4.79 Å². The van der Waals surface area contributed by atoms with Crippen molar-refractivity contribution < 1.29 is 9.53 Å². The third-order valence-corrected chi connectivity index (χ3v) is 4.07. The van der Waals surface area contributed by atoms with Crippen LogP contribution in [-0.2, 0) is 0 Å². The highest BCUT2D eigenvalue weighted by atomic mass is 16.5.